The normalized spacial score (nSPS) is 13.9. The van der Waals surface area contributed by atoms with E-state index in [0.717, 1.165) is 12.8 Å². The molecule has 0 saturated heterocycles. The van der Waals surface area contributed by atoms with Gasteiger partial charge in [-0.05, 0) is 206 Å². The SMILES string of the molecule is C.C.CC(C)(C)CC(=O)N[C@@H](CC(C)(C)C)C(=O)NCCOC(C)(C)C.CC(C)(C)CC(=O)N[C@@H](CNC(C)(C)C)C(=O)NCCOC(C)(C)C.CC(C)(C)CCC(=O)CNC(=O)[C@H](CC(C)(C)C)NC(=O)CC(C)(C)C.CC(C)(C)CCC(=O)CNC(=O)[C@H](CNC(C)(C)C)NC(=O)CC(C)(C)C.CC(C)(C)CNC(=O)[C@H](CC(C)(C)C)NC(=O)CC(C)(C)C.CC(C)(C)CNC(=O)[C@H](CNC(C)(C)C)NC(=O)CC(C)(C)C. The van der Waals surface area contributed by atoms with Crippen LogP contribution in [-0.4, -0.2) is 219 Å². The molecule has 0 aliphatic carbocycles. The molecule has 149 heavy (non-hydrogen) atoms. The molecule has 31 nitrogen and oxygen atoms in total. The van der Waals surface area contributed by atoms with Gasteiger partial charge in [-0.15, -0.1) is 0 Å². The fraction of sp³-hybridized carbons (Fsp3) is 0.881. The average Bonchev–Trinajstić information content (AvgIpc) is 0.857. The third kappa shape index (κ3) is 115. The summed E-state index contributed by atoms with van der Waals surface area (Å²) in [7, 11) is 0. The lowest BCUT2D eigenvalue weighted by Crippen LogP contribution is -2.55. The van der Waals surface area contributed by atoms with Crippen molar-refractivity contribution >= 4 is 82.5 Å². The molecule has 0 saturated carbocycles. The first kappa shape index (κ1) is 157. The molecule has 0 rings (SSSR count). The molecular formula is C118H239N15O16. The predicted octanol–water partition coefficient (Wildman–Crippen LogP) is 19.4. The molecule has 0 bridgehead atoms. The molecule has 31 heteroatoms. The van der Waals surface area contributed by atoms with E-state index in [2.05, 4.69) is 204 Å². The summed E-state index contributed by atoms with van der Waals surface area (Å²) in [5, 5.41) is 44.0. The monoisotopic (exact) mass is 2120 g/mol. The molecule has 0 heterocycles. The van der Waals surface area contributed by atoms with Gasteiger partial charge >= 0.3 is 0 Å². The van der Waals surface area contributed by atoms with Crippen molar-refractivity contribution in [1.29, 1.82) is 0 Å². The maximum absolute atomic E-state index is 12.5. The van der Waals surface area contributed by atoms with Gasteiger partial charge in [0.05, 0.1) is 37.5 Å². The number of amides is 12. The molecule has 6 atom stereocenters. The molecule has 0 aromatic carbocycles. The van der Waals surface area contributed by atoms with E-state index in [0.29, 0.717) is 130 Å². The number of hydrogen-bond donors (Lipinski definition) is 15. The van der Waals surface area contributed by atoms with Crippen molar-refractivity contribution in [2.24, 2.45) is 70.4 Å². The summed E-state index contributed by atoms with van der Waals surface area (Å²) in [6.07, 6.45) is 6.45. The van der Waals surface area contributed by atoms with Crippen molar-refractivity contribution in [3.8, 4) is 0 Å². The third-order valence-corrected chi connectivity index (χ3v) is 19.7. The van der Waals surface area contributed by atoms with Crippen molar-refractivity contribution in [3.63, 3.8) is 0 Å². The van der Waals surface area contributed by atoms with E-state index in [1.807, 2.05) is 249 Å². The summed E-state index contributed by atoms with van der Waals surface area (Å²) in [6.45, 7) is 113. The summed E-state index contributed by atoms with van der Waals surface area (Å²) in [6, 6.07) is -3.50. The molecule has 15 N–H and O–H groups in total. The zero-order valence-electron chi connectivity index (χ0n) is 104. The lowest BCUT2D eigenvalue weighted by molar-refractivity contribution is -0.131. The van der Waals surface area contributed by atoms with Gasteiger partial charge in [-0.2, -0.15) is 0 Å². The van der Waals surface area contributed by atoms with Gasteiger partial charge < -0.3 is 89.2 Å². The molecule has 0 spiro atoms. The largest absolute Gasteiger partial charge is 0.374 e. The van der Waals surface area contributed by atoms with Crippen LogP contribution in [0, 0.1) is 70.4 Å². The second-order valence-electron chi connectivity index (χ2n) is 61.0. The highest BCUT2D eigenvalue weighted by Gasteiger charge is 2.36. The lowest BCUT2D eigenvalue weighted by Gasteiger charge is -2.28. The summed E-state index contributed by atoms with van der Waals surface area (Å²) >= 11 is 0. The standard InChI is InChI=1S/C21H41N3O3.C21H40N2O3.C19H39N3O3.C19H38N2O3.C18H37N3O2.C18H36N2O2.2CH4/c1-19(2,3)11-10-15(25)13-22-18(27)16(14-23-21(7,8)9)24-17(26)12-20(4,5)6;1-19(2,3)11-10-15(24)14-22-18(26)16(12-20(4,5)6)23-17(25)13-21(7,8)9;1-17(2,3)12-15(23)22-14(13-21-18(4,5)6)16(24)20-10-11-25-19(7,8)9;1-17(2,3)12-14(21-15(22)13-18(4,5)6)16(23)20-10-11-24-19(7,8)9;1-16(2,3)10-14(22)21-13(11-20-18(7,8)9)15(23)19-12-17(4,5)6;1-16(2,3)10-13(15(22)19-12-18(7,8)9)20-14(21)11-17(4,5)6;;/h16,23H,10-14H2,1-9H3,(H,22,27)(H,24,26);16H,10-14H2,1-9H3,(H,22,26)(H,23,25);14,21H,10-13H2,1-9H3,(H,20,24)(H,22,23);14H,10-13H2,1-9H3,(H,20,23)(H,21,22);13,20H,10-12H2,1-9H3,(H,19,23)(H,21,22);13H,10-12H2,1-9H3,(H,19,22)(H,20,21);2*1H4/t2*16-;2*14-;2*13-;;/m000000../s1. The Kier molecular flexibility index (Phi) is 71.2. The van der Waals surface area contributed by atoms with Crippen LogP contribution in [0.15, 0.2) is 0 Å². The van der Waals surface area contributed by atoms with Crippen LogP contribution in [0.4, 0.5) is 0 Å². The maximum Gasteiger partial charge on any atom is 0.244 e. The maximum atomic E-state index is 12.5. The molecule has 0 aliphatic rings. The van der Waals surface area contributed by atoms with Crippen LogP contribution in [-0.2, 0) is 76.6 Å². The fourth-order valence-corrected chi connectivity index (χ4v) is 12.8. The van der Waals surface area contributed by atoms with Crippen LogP contribution in [0.2, 0.25) is 0 Å². The van der Waals surface area contributed by atoms with Crippen LogP contribution in [0.25, 0.3) is 0 Å². The smallest absolute Gasteiger partial charge is 0.244 e. The number of ketones is 2. The molecule has 0 aliphatic heterocycles. The van der Waals surface area contributed by atoms with E-state index in [9.17, 15) is 67.1 Å². The first-order valence-electron chi connectivity index (χ1n) is 53.8. The first-order chi connectivity index (χ1) is 64.8. The van der Waals surface area contributed by atoms with E-state index < -0.39 is 36.3 Å². The van der Waals surface area contributed by atoms with Gasteiger partial charge in [0, 0.05) is 114 Å². The van der Waals surface area contributed by atoms with Crippen LogP contribution in [0.3, 0.4) is 0 Å². The van der Waals surface area contributed by atoms with Crippen LogP contribution in [0.5, 0.6) is 0 Å². The predicted molar refractivity (Wildman–Crippen MR) is 621 cm³/mol. The van der Waals surface area contributed by atoms with Crippen LogP contribution >= 0.6 is 0 Å². The van der Waals surface area contributed by atoms with Crippen LogP contribution < -0.4 is 79.8 Å². The third-order valence-electron chi connectivity index (χ3n) is 19.7. The average molecular weight is 2120 g/mol. The van der Waals surface area contributed by atoms with Crippen molar-refractivity contribution in [2.75, 3.05) is 72.1 Å². The summed E-state index contributed by atoms with van der Waals surface area (Å²) in [5.41, 5.74) is -1.61. The molecule has 0 unspecified atom stereocenters. The Morgan fingerprint density at radius 3 is 0.557 bits per heavy atom. The molecule has 882 valence electrons. The summed E-state index contributed by atoms with van der Waals surface area (Å²) < 4.78 is 11.2. The lowest BCUT2D eigenvalue weighted by atomic mass is 9.87. The highest BCUT2D eigenvalue weighted by atomic mass is 16.5. The van der Waals surface area contributed by atoms with Gasteiger partial charge in [-0.25, -0.2) is 0 Å². The Hall–Kier alpha value is -7.22. The number of Topliss-reactive ketones (excluding diaryl/α,β-unsaturated/α-hetero) is 2. The minimum Gasteiger partial charge on any atom is -0.374 e. The molecular weight excluding hydrogens is 1880 g/mol. The van der Waals surface area contributed by atoms with E-state index in [4.69, 9.17) is 9.47 Å². The molecule has 12 amide bonds. The van der Waals surface area contributed by atoms with Gasteiger partial charge in [0.2, 0.25) is 70.9 Å². The van der Waals surface area contributed by atoms with Gasteiger partial charge in [0.15, 0.2) is 11.6 Å². The Morgan fingerprint density at radius 1 is 0.208 bits per heavy atom. The van der Waals surface area contributed by atoms with E-state index in [-0.39, 0.29) is 209 Å². The number of ether oxygens (including phenoxy) is 2. The second-order valence-corrected chi connectivity index (χ2v) is 61.0. The van der Waals surface area contributed by atoms with Crippen molar-refractivity contribution < 1.29 is 76.6 Å². The topological polar surface area (TPSA) is 438 Å². The number of carbonyl (C=O) groups excluding carboxylic acids is 14. The zero-order chi connectivity index (χ0) is 118. The highest BCUT2D eigenvalue weighted by Crippen LogP contribution is 2.30. The fourth-order valence-electron chi connectivity index (χ4n) is 12.8. The van der Waals surface area contributed by atoms with Gasteiger partial charge in [0.1, 0.15) is 36.3 Å². The van der Waals surface area contributed by atoms with Crippen LogP contribution in [0.1, 0.15) is 472 Å². The minimum absolute atomic E-state index is 0. The molecule has 0 radical (unpaired) electrons. The van der Waals surface area contributed by atoms with Gasteiger partial charge in [0.25, 0.3) is 0 Å². The number of nitrogens with one attached hydrogen (secondary N) is 15. The van der Waals surface area contributed by atoms with Crippen molar-refractivity contribution in [2.45, 2.75) is 536 Å². The van der Waals surface area contributed by atoms with Crippen molar-refractivity contribution in [1.82, 2.24) is 79.8 Å². The van der Waals surface area contributed by atoms with Crippen molar-refractivity contribution in [3.05, 3.63) is 0 Å². The Labute approximate surface area is 912 Å². The van der Waals surface area contributed by atoms with E-state index in [1.165, 1.54) is 0 Å². The Bertz CT molecular complexity index is 3920. The first-order valence-corrected chi connectivity index (χ1v) is 53.8. The summed E-state index contributed by atoms with van der Waals surface area (Å²) in [4.78, 5) is 172. The molecule has 0 aromatic heterocycles. The number of rotatable bonds is 43. The molecule has 0 aromatic rings. The number of carbonyl (C=O) groups is 14. The molecule has 0 fully saturated rings. The number of hydrogen-bond acceptors (Lipinski definition) is 19. The quantitative estimate of drug-likeness (QED) is 0.0252. The minimum atomic E-state index is -0.713. The van der Waals surface area contributed by atoms with Gasteiger partial charge in [-0.1, -0.05) is 285 Å². The summed E-state index contributed by atoms with van der Waals surface area (Å²) in [5.74, 6) is -1.84. The Balaban J connectivity index is -0.000000266. The van der Waals surface area contributed by atoms with Gasteiger partial charge in [-0.3, -0.25) is 67.1 Å². The van der Waals surface area contributed by atoms with E-state index in [1.54, 1.807) is 0 Å². The highest BCUT2D eigenvalue weighted by molar-refractivity contribution is 5.94. The Morgan fingerprint density at radius 2 is 0.383 bits per heavy atom. The second kappa shape index (κ2) is 67.6. The zero-order valence-corrected chi connectivity index (χ0v) is 104. The van der Waals surface area contributed by atoms with E-state index >= 15 is 0 Å².